The van der Waals surface area contributed by atoms with Crippen molar-refractivity contribution >= 4 is 16.6 Å². The van der Waals surface area contributed by atoms with E-state index in [1.54, 1.807) is 0 Å². The van der Waals surface area contributed by atoms with E-state index < -0.39 is 41.1 Å². The predicted molar refractivity (Wildman–Crippen MR) is 130 cm³/mol. The van der Waals surface area contributed by atoms with Crippen LogP contribution in [0.4, 0.5) is 0 Å². The molecule has 188 valence electrons. The number of aliphatic hydroxyl groups excluding tert-OH is 4. The average Bonchev–Trinajstić information content (AvgIpc) is 2.60. The molecule has 7 nitrogen and oxygen atoms in total. The van der Waals surface area contributed by atoms with Crippen LogP contribution in [0.5, 0.6) is 0 Å². The zero-order valence-electron chi connectivity index (χ0n) is 18.5. The highest BCUT2D eigenvalue weighted by Gasteiger charge is 2.34. The molecule has 0 aromatic heterocycles. The summed E-state index contributed by atoms with van der Waals surface area (Å²) in [5.74, 6) is 0. The van der Waals surface area contributed by atoms with Crippen molar-refractivity contribution in [1.29, 1.82) is 0 Å². The third-order valence-electron chi connectivity index (χ3n) is 6.13. The first kappa shape index (κ1) is 31.2. The highest BCUT2D eigenvalue weighted by molar-refractivity contribution is 6.84. The lowest BCUT2D eigenvalue weighted by Gasteiger charge is -2.36. The van der Waals surface area contributed by atoms with Crippen LogP contribution in [-0.4, -0.2) is 86.9 Å². The summed E-state index contributed by atoms with van der Waals surface area (Å²) in [6.45, 7) is 10.2. The molecule has 0 aromatic carbocycles. The summed E-state index contributed by atoms with van der Waals surface area (Å²) in [4.78, 5) is 0. The number of hydrogen-bond acceptors (Lipinski definition) is 7. The number of aliphatic hydroxyl groups is 4. The molecule has 2 rings (SSSR count). The zero-order valence-corrected chi connectivity index (χ0v) is 20.5. The molecule has 2 aliphatic rings. The van der Waals surface area contributed by atoms with Crippen molar-refractivity contribution in [2.45, 2.75) is 128 Å². The van der Waals surface area contributed by atoms with Crippen LogP contribution in [0.1, 0.15) is 53.4 Å². The fourth-order valence-corrected chi connectivity index (χ4v) is 12.3. The Hall–Kier alpha value is 0.154. The van der Waals surface area contributed by atoms with Gasteiger partial charge < -0.3 is 34.0 Å². The van der Waals surface area contributed by atoms with Crippen molar-refractivity contribution in [1.82, 2.24) is 0 Å². The Balaban J connectivity index is 0.00000450. The fourth-order valence-electron chi connectivity index (χ4n) is 4.28. The van der Waals surface area contributed by atoms with Crippen LogP contribution in [-0.2, 0) is 13.6 Å². The molecule has 0 amide bonds. The van der Waals surface area contributed by atoms with Crippen LogP contribution in [0, 0.1) is 0 Å². The van der Waals surface area contributed by atoms with Crippen LogP contribution in [0.25, 0.3) is 0 Å². The van der Waals surface area contributed by atoms with E-state index >= 15 is 0 Å². The number of hydrogen-bond donors (Lipinski definition) is 4. The molecule has 0 spiro atoms. The van der Waals surface area contributed by atoms with E-state index in [2.05, 4.69) is 26.2 Å². The Morgan fingerprint density at radius 2 is 0.968 bits per heavy atom. The van der Waals surface area contributed by atoms with Gasteiger partial charge in [0.25, 0.3) is 0 Å². The molecular formula is C22H50O7Si2. The van der Waals surface area contributed by atoms with Crippen LogP contribution in [0.3, 0.4) is 0 Å². The minimum Gasteiger partial charge on any atom is -0.455 e. The molecule has 0 aromatic rings. The van der Waals surface area contributed by atoms with Gasteiger partial charge >= 0.3 is 0 Å². The monoisotopic (exact) mass is 482 g/mol. The van der Waals surface area contributed by atoms with Crippen molar-refractivity contribution in [3.63, 3.8) is 0 Å². The quantitative estimate of drug-likeness (QED) is 0.354. The van der Waals surface area contributed by atoms with E-state index in [-0.39, 0.29) is 27.1 Å². The van der Waals surface area contributed by atoms with Gasteiger partial charge in [-0.25, -0.2) is 0 Å². The zero-order chi connectivity index (χ0) is 21.7. The summed E-state index contributed by atoms with van der Waals surface area (Å²) < 4.78 is 18.5. The molecule has 2 aliphatic carbocycles. The smallest absolute Gasteiger partial charge is 0.175 e. The topological polar surface area (TPSA) is 109 Å². The summed E-state index contributed by atoms with van der Waals surface area (Å²) >= 11 is 0. The normalized spacial score (nSPS) is 32.1. The molecule has 9 heteroatoms. The summed E-state index contributed by atoms with van der Waals surface area (Å²) in [6, 6.07) is 1.82. The molecule has 0 saturated heterocycles. The Morgan fingerprint density at radius 3 is 1.29 bits per heavy atom. The first-order chi connectivity index (χ1) is 13.5. The van der Waals surface area contributed by atoms with Gasteiger partial charge in [-0.05, 0) is 64.0 Å². The molecule has 4 N–H and O–H groups in total. The molecule has 2 fully saturated rings. The van der Waals surface area contributed by atoms with Gasteiger partial charge in [-0.3, -0.25) is 0 Å². The van der Waals surface area contributed by atoms with E-state index in [1.165, 1.54) is 0 Å². The van der Waals surface area contributed by atoms with Gasteiger partial charge in [-0.15, -0.1) is 0 Å². The minimum atomic E-state index is -1.87. The van der Waals surface area contributed by atoms with Gasteiger partial charge in [0.2, 0.25) is 0 Å². The summed E-state index contributed by atoms with van der Waals surface area (Å²) in [5.41, 5.74) is 0. The van der Waals surface area contributed by atoms with E-state index in [0.717, 1.165) is 24.9 Å². The Morgan fingerprint density at radius 1 is 0.613 bits per heavy atom. The van der Waals surface area contributed by atoms with Gasteiger partial charge in [0.05, 0.1) is 36.6 Å². The molecule has 0 bridgehead atoms. The SMILES string of the molecule is C.C.C[Si](C)(CCOC1CCC(O)C(O)C1)O[Si](C)(C)CCOC1CCC(O)C(O)C1. The first-order valence-electron chi connectivity index (χ1n) is 11.1. The molecule has 0 heterocycles. The van der Waals surface area contributed by atoms with Gasteiger partial charge in [0.1, 0.15) is 0 Å². The van der Waals surface area contributed by atoms with Crippen molar-refractivity contribution in [3.8, 4) is 0 Å². The maximum Gasteiger partial charge on any atom is 0.175 e. The van der Waals surface area contributed by atoms with Crippen LogP contribution < -0.4 is 0 Å². The predicted octanol–water partition coefficient (Wildman–Crippen LogP) is 3.27. The van der Waals surface area contributed by atoms with Gasteiger partial charge in [0, 0.05) is 26.1 Å². The molecule has 6 unspecified atom stereocenters. The van der Waals surface area contributed by atoms with E-state index in [0.29, 0.717) is 38.9 Å². The molecule has 31 heavy (non-hydrogen) atoms. The second-order valence-electron chi connectivity index (χ2n) is 10.0. The first-order valence-corrected chi connectivity index (χ1v) is 17.4. The molecule has 0 radical (unpaired) electrons. The van der Waals surface area contributed by atoms with Crippen molar-refractivity contribution in [2.75, 3.05) is 13.2 Å². The number of rotatable bonds is 10. The van der Waals surface area contributed by atoms with Crippen LogP contribution in [0.2, 0.25) is 38.3 Å². The molecular weight excluding hydrogens is 432 g/mol. The summed E-state index contributed by atoms with van der Waals surface area (Å²) in [7, 11) is -3.73. The Labute approximate surface area is 192 Å². The molecule has 0 aliphatic heterocycles. The second-order valence-corrected chi connectivity index (χ2v) is 18.9. The third kappa shape index (κ3) is 11.2. The fraction of sp³-hybridized carbons (Fsp3) is 1.00. The minimum absolute atomic E-state index is 0. The van der Waals surface area contributed by atoms with Gasteiger partial charge in [0.15, 0.2) is 16.6 Å². The molecule has 2 saturated carbocycles. The largest absolute Gasteiger partial charge is 0.455 e. The molecule has 6 atom stereocenters. The lowest BCUT2D eigenvalue weighted by Crippen LogP contribution is -2.46. The van der Waals surface area contributed by atoms with Crippen LogP contribution in [0.15, 0.2) is 0 Å². The van der Waals surface area contributed by atoms with E-state index in [4.69, 9.17) is 13.6 Å². The van der Waals surface area contributed by atoms with Crippen LogP contribution >= 0.6 is 0 Å². The van der Waals surface area contributed by atoms with Crippen molar-refractivity contribution in [2.24, 2.45) is 0 Å². The lowest BCUT2D eigenvalue weighted by atomic mass is 9.92. The standard InChI is InChI=1S/C20H42O7Si2.2CH4/c1-28(2,11-9-25-15-5-7-17(21)19(23)13-15)27-29(3,4)12-10-26-16-6-8-18(22)20(24)14-16;;/h15-24H,5-14H2,1-4H3;2*1H4. The lowest BCUT2D eigenvalue weighted by molar-refractivity contribution is -0.0708. The number of ether oxygens (including phenoxy) is 2. The van der Waals surface area contributed by atoms with Crippen molar-refractivity contribution in [3.05, 3.63) is 0 Å². The Kier molecular flexibility index (Phi) is 13.8. The maximum absolute atomic E-state index is 9.79. The van der Waals surface area contributed by atoms with E-state index in [1.807, 2.05) is 0 Å². The maximum atomic E-state index is 9.79. The van der Waals surface area contributed by atoms with Gasteiger partial charge in [-0.2, -0.15) is 0 Å². The second kappa shape index (κ2) is 13.8. The van der Waals surface area contributed by atoms with E-state index in [9.17, 15) is 20.4 Å². The summed E-state index contributed by atoms with van der Waals surface area (Å²) in [5, 5.41) is 38.8. The summed E-state index contributed by atoms with van der Waals surface area (Å²) in [6.07, 6.45) is 1.30. The average molecular weight is 483 g/mol. The van der Waals surface area contributed by atoms with Gasteiger partial charge in [-0.1, -0.05) is 14.9 Å². The Bertz CT molecular complexity index is 450. The highest BCUT2D eigenvalue weighted by atomic mass is 28.4. The third-order valence-corrected chi connectivity index (χ3v) is 13.4. The highest BCUT2D eigenvalue weighted by Crippen LogP contribution is 2.26. The van der Waals surface area contributed by atoms with Crippen molar-refractivity contribution < 1.29 is 34.0 Å².